The van der Waals surface area contributed by atoms with Crippen molar-refractivity contribution >= 4 is 22.6 Å². The van der Waals surface area contributed by atoms with E-state index in [0.29, 0.717) is 18.0 Å². The van der Waals surface area contributed by atoms with Gasteiger partial charge in [0.25, 0.3) is 11.5 Å². The van der Waals surface area contributed by atoms with Crippen LogP contribution in [0, 0.1) is 6.92 Å². The van der Waals surface area contributed by atoms with Gasteiger partial charge in [-0.25, -0.2) is 9.67 Å². The standard InChI is InChI=1S/C22H21N5O3/c1-4-30-17-11-7-15(8-12-17)24-21(28)19-18-20(22(29)26(3)13-23-18)27(25-19)16-9-5-14(2)6-10-16/h5-13H,4H2,1-3H3,(H,24,28). The molecule has 1 N–H and O–H groups in total. The van der Waals surface area contributed by atoms with Gasteiger partial charge in [-0.15, -0.1) is 0 Å². The van der Waals surface area contributed by atoms with E-state index in [-0.39, 0.29) is 22.3 Å². The highest BCUT2D eigenvalue weighted by molar-refractivity contribution is 6.10. The van der Waals surface area contributed by atoms with E-state index >= 15 is 0 Å². The average Bonchev–Trinajstić information content (AvgIpc) is 3.13. The number of hydrogen-bond donors (Lipinski definition) is 1. The summed E-state index contributed by atoms with van der Waals surface area (Å²) in [5.74, 6) is 0.269. The van der Waals surface area contributed by atoms with Crippen molar-refractivity contribution in [1.82, 2.24) is 19.3 Å². The number of aryl methyl sites for hydroxylation is 2. The van der Waals surface area contributed by atoms with Crippen LogP contribution in [0.1, 0.15) is 23.0 Å². The lowest BCUT2D eigenvalue weighted by atomic mass is 10.2. The fraction of sp³-hybridized carbons (Fsp3) is 0.182. The van der Waals surface area contributed by atoms with Crippen LogP contribution in [0.3, 0.4) is 0 Å². The summed E-state index contributed by atoms with van der Waals surface area (Å²) < 4.78 is 8.25. The molecule has 1 amide bonds. The minimum Gasteiger partial charge on any atom is -0.494 e. The van der Waals surface area contributed by atoms with Gasteiger partial charge in [-0.05, 0) is 50.2 Å². The molecule has 0 radical (unpaired) electrons. The van der Waals surface area contributed by atoms with Gasteiger partial charge < -0.3 is 14.6 Å². The molecule has 152 valence electrons. The highest BCUT2D eigenvalue weighted by Gasteiger charge is 2.22. The first-order valence-electron chi connectivity index (χ1n) is 9.53. The van der Waals surface area contributed by atoms with Crippen molar-refractivity contribution in [3.8, 4) is 11.4 Å². The number of anilines is 1. The number of carbonyl (C=O) groups is 1. The van der Waals surface area contributed by atoms with Gasteiger partial charge >= 0.3 is 0 Å². The molecule has 0 fully saturated rings. The summed E-state index contributed by atoms with van der Waals surface area (Å²) in [5.41, 5.74) is 2.64. The van der Waals surface area contributed by atoms with E-state index in [1.165, 1.54) is 15.6 Å². The quantitative estimate of drug-likeness (QED) is 0.553. The number of fused-ring (bicyclic) bond motifs is 1. The topological polar surface area (TPSA) is 91.0 Å². The molecule has 0 aliphatic rings. The third-order valence-corrected chi connectivity index (χ3v) is 4.66. The number of benzene rings is 2. The third kappa shape index (κ3) is 3.55. The van der Waals surface area contributed by atoms with Gasteiger partial charge in [0.15, 0.2) is 11.2 Å². The number of nitrogens with one attached hydrogen (secondary N) is 1. The van der Waals surface area contributed by atoms with Gasteiger partial charge in [0, 0.05) is 12.7 Å². The first-order valence-corrected chi connectivity index (χ1v) is 9.53. The van der Waals surface area contributed by atoms with E-state index in [1.807, 2.05) is 38.1 Å². The molecule has 0 atom stereocenters. The molecule has 0 bridgehead atoms. The van der Waals surface area contributed by atoms with Gasteiger partial charge in [-0.2, -0.15) is 5.10 Å². The monoisotopic (exact) mass is 403 g/mol. The minimum absolute atomic E-state index is 0.0807. The SMILES string of the molecule is CCOc1ccc(NC(=O)c2nn(-c3ccc(C)cc3)c3c(=O)n(C)cnc23)cc1. The second-order valence-electron chi connectivity index (χ2n) is 6.87. The summed E-state index contributed by atoms with van der Waals surface area (Å²) in [7, 11) is 1.61. The van der Waals surface area contributed by atoms with Crippen molar-refractivity contribution in [2.45, 2.75) is 13.8 Å². The van der Waals surface area contributed by atoms with Crippen LogP contribution in [0.4, 0.5) is 5.69 Å². The molecule has 30 heavy (non-hydrogen) atoms. The molecule has 4 aromatic rings. The van der Waals surface area contributed by atoms with Crippen LogP contribution in [-0.2, 0) is 7.05 Å². The zero-order chi connectivity index (χ0) is 21.3. The van der Waals surface area contributed by atoms with Gasteiger partial charge in [0.1, 0.15) is 11.3 Å². The van der Waals surface area contributed by atoms with E-state index in [0.717, 1.165) is 11.3 Å². The van der Waals surface area contributed by atoms with Crippen molar-refractivity contribution in [2.75, 3.05) is 11.9 Å². The molecule has 0 saturated carbocycles. The Morgan fingerprint density at radius 3 is 2.47 bits per heavy atom. The molecule has 0 spiro atoms. The summed E-state index contributed by atoms with van der Waals surface area (Å²) in [6, 6.07) is 14.6. The lowest BCUT2D eigenvalue weighted by molar-refractivity contribution is 0.102. The smallest absolute Gasteiger partial charge is 0.279 e. The van der Waals surface area contributed by atoms with Gasteiger partial charge in [-0.3, -0.25) is 9.59 Å². The molecular weight excluding hydrogens is 382 g/mol. The van der Waals surface area contributed by atoms with E-state index in [4.69, 9.17) is 4.74 Å². The van der Waals surface area contributed by atoms with Crippen molar-refractivity contribution in [1.29, 1.82) is 0 Å². The van der Waals surface area contributed by atoms with E-state index in [2.05, 4.69) is 15.4 Å². The average molecular weight is 403 g/mol. The highest BCUT2D eigenvalue weighted by Crippen LogP contribution is 2.21. The fourth-order valence-electron chi connectivity index (χ4n) is 3.11. The molecule has 8 nitrogen and oxygen atoms in total. The van der Waals surface area contributed by atoms with Gasteiger partial charge in [-0.1, -0.05) is 17.7 Å². The van der Waals surface area contributed by atoms with Crippen LogP contribution in [0.25, 0.3) is 16.7 Å². The van der Waals surface area contributed by atoms with Crippen LogP contribution in [0.15, 0.2) is 59.7 Å². The Kier molecular flexibility index (Phi) is 5.05. The molecule has 8 heteroatoms. The summed E-state index contributed by atoms with van der Waals surface area (Å²) >= 11 is 0. The minimum atomic E-state index is -0.448. The maximum atomic E-state index is 13.0. The van der Waals surface area contributed by atoms with Crippen LogP contribution < -0.4 is 15.6 Å². The Labute approximate surface area is 172 Å². The molecule has 0 aliphatic carbocycles. The molecule has 2 aromatic heterocycles. The number of rotatable bonds is 5. The zero-order valence-electron chi connectivity index (χ0n) is 16.9. The maximum absolute atomic E-state index is 13.0. The fourth-order valence-corrected chi connectivity index (χ4v) is 3.11. The molecular formula is C22H21N5O3. The molecule has 0 aliphatic heterocycles. The summed E-state index contributed by atoms with van der Waals surface area (Å²) in [5, 5.41) is 7.25. The number of ether oxygens (including phenoxy) is 1. The molecule has 2 aromatic carbocycles. The molecule has 4 rings (SSSR count). The largest absolute Gasteiger partial charge is 0.494 e. The molecule has 0 saturated heterocycles. The van der Waals surface area contributed by atoms with Crippen molar-refractivity contribution in [2.24, 2.45) is 7.05 Å². The summed E-state index contributed by atoms with van der Waals surface area (Å²) in [6.07, 6.45) is 1.39. The van der Waals surface area contributed by atoms with Crippen molar-refractivity contribution < 1.29 is 9.53 Å². The maximum Gasteiger partial charge on any atom is 0.279 e. The van der Waals surface area contributed by atoms with Crippen molar-refractivity contribution in [3.63, 3.8) is 0 Å². The molecule has 2 heterocycles. The Morgan fingerprint density at radius 1 is 1.10 bits per heavy atom. The Morgan fingerprint density at radius 2 is 1.80 bits per heavy atom. The summed E-state index contributed by atoms with van der Waals surface area (Å²) in [6.45, 7) is 4.44. The predicted octanol–water partition coefficient (Wildman–Crippen LogP) is 3.08. The highest BCUT2D eigenvalue weighted by atomic mass is 16.5. The number of amides is 1. The summed E-state index contributed by atoms with van der Waals surface area (Å²) in [4.78, 5) is 30.1. The van der Waals surface area contributed by atoms with E-state index in [9.17, 15) is 9.59 Å². The first-order chi connectivity index (χ1) is 14.5. The Hall–Kier alpha value is -3.94. The molecule has 0 unspecified atom stereocenters. The van der Waals surface area contributed by atoms with Crippen LogP contribution in [-0.4, -0.2) is 31.8 Å². The number of aromatic nitrogens is 4. The van der Waals surface area contributed by atoms with Gasteiger partial charge in [0.05, 0.1) is 18.6 Å². The number of carbonyl (C=O) groups excluding carboxylic acids is 1. The van der Waals surface area contributed by atoms with Crippen molar-refractivity contribution in [3.05, 3.63) is 76.5 Å². The Balaban J connectivity index is 1.77. The first kappa shape index (κ1) is 19.4. The van der Waals surface area contributed by atoms with Gasteiger partial charge in [0.2, 0.25) is 0 Å². The predicted molar refractivity (Wildman–Crippen MR) is 114 cm³/mol. The third-order valence-electron chi connectivity index (χ3n) is 4.66. The van der Waals surface area contributed by atoms with E-state index in [1.54, 1.807) is 31.3 Å². The lowest BCUT2D eigenvalue weighted by Gasteiger charge is -2.06. The van der Waals surface area contributed by atoms with E-state index < -0.39 is 5.91 Å². The Bertz CT molecular complexity index is 1270. The van der Waals surface area contributed by atoms with Crippen LogP contribution >= 0.6 is 0 Å². The number of nitrogens with zero attached hydrogens (tertiary/aromatic N) is 4. The second kappa shape index (κ2) is 7.82. The second-order valence-corrected chi connectivity index (χ2v) is 6.87. The zero-order valence-corrected chi connectivity index (χ0v) is 16.9. The number of hydrogen-bond acceptors (Lipinski definition) is 5. The van der Waals surface area contributed by atoms with Crippen LogP contribution in [0.5, 0.6) is 5.75 Å². The van der Waals surface area contributed by atoms with Crippen LogP contribution in [0.2, 0.25) is 0 Å². The normalized spacial score (nSPS) is 10.9. The lowest BCUT2D eigenvalue weighted by Crippen LogP contribution is -2.19.